The Balaban J connectivity index is 2.54. The lowest BCUT2D eigenvalue weighted by Crippen LogP contribution is -2.19. The Morgan fingerprint density at radius 2 is 1.89 bits per heavy atom. The van der Waals surface area contributed by atoms with Crippen LogP contribution in [0.5, 0.6) is 5.75 Å². The largest absolute Gasteiger partial charge is 0.493 e. The highest BCUT2D eigenvalue weighted by Crippen LogP contribution is 2.30. The van der Waals surface area contributed by atoms with Crippen molar-refractivity contribution < 1.29 is 4.74 Å². The third-order valence-corrected chi connectivity index (χ3v) is 3.32. The Morgan fingerprint density at radius 3 is 2.44 bits per heavy atom. The summed E-state index contributed by atoms with van der Waals surface area (Å²) < 4.78 is 7.10. The first-order chi connectivity index (χ1) is 8.56. The highest BCUT2D eigenvalue weighted by molar-refractivity contribution is 5.43. The van der Waals surface area contributed by atoms with Crippen molar-refractivity contribution in [2.24, 2.45) is 12.8 Å². The molecule has 96 valence electrons. The number of nitrogens with two attached hydrogens (primary N) is 1. The molecule has 0 saturated heterocycles. The Bertz CT molecular complexity index is 540. The molecule has 2 N–H and O–H groups in total. The van der Waals surface area contributed by atoms with Gasteiger partial charge < -0.3 is 10.5 Å². The summed E-state index contributed by atoms with van der Waals surface area (Å²) in [4.78, 5) is 0. The van der Waals surface area contributed by atoms with Gasteiger partial charge in [0.05, 0.1) is 19.3 Å². The summed E-state index contributed by atoms with van der Waals surface area (Å²) in [5.74, 6) is 0.729. The van der Waals surface area contributed by atoms with Crippen molar-refractivity contribution in [3.05, 3.63) is 46.8 Å². The first kappa shape index (κ1) is 12.6. The van der Waals surface area contributed by atoms with Gasteiger partial charge in [-0.05, 0) is 30.5 Å². The van der Waals surface area contributed by atoms with Gasteiger partial charge in [0, 0.05) is 7.05 Å². The van der Waals surface area contributed by atoms with Gasteiger partial charge in [-0.1, -0.05) is 18.2 Å². The molecular weight excluding hydrogens is 226 g/mol. The van der Waals surface area contributed by atoms with Crippen molar-refractivity contribution in [1.82, 2.24) is 9.78 Å². The molecule has 0 amide bonds. The molecule has 0 aliphatic heterocycles. The van der Waals surface area contributed by atoms with Crippen molar-refractivity contribution in [2.45, 2.75) is 19.9 Å². The number of aryl methyl sites for hydroxylation is 3. The summed E-state index contributed by atoms with van der Waals surface area (Å²) in [5, 5.41) is 4.20. The molecular formula is C14H19N3O. The molecule has 0 spiro atoms. The zero-order valence-electron chi connectivity index (χ0n) is 11.3. The molecule has 1 unspecified atom stereocenters. The number of hydrogen-bond acceptors (Lipinski definition) is 3. The Morgan fingerprint density at radius 1 is 1.28 bits per heavy atom. The van der Waals surface area contributed by atoms with Crippen LogP contribution in [0.1, 0.15) is 28.4 Å². The van der Waals surface area contributed by atoms with E-state index in [1.165, 1.54) is 11.1 Å². The number of methoxy groups -OCH3 is 1. The van der Waals surface area contributed by atoms with Gasteiger partial charge in [-0.2, -0.15) is 5.10 Å². The third kappa shape index (κ3) is 1.99. The molecule has 4 nitrogen and oxygen atoms in total. The molecule has 1 aromatic heterocycles. The number of ether oxygens (including phenoxy) is 1. The number of aromatic nitrogens is 2. The molecule has 2 rings (SSSR count). The lowest BCUT2D eigenvalue weighted by Gasteiger charge is -2.18. The van der Waals surface area contributed by atoms with Crippen molar-refractivity contribution >= 4 is 0 Å². The average molecular weight is 245 g/mol. The lowest BCUT2D eigenvalue weighted by atomic mass is 9.94. The Kier molecular flexibility index (Phi) is 3.39. The summed E-state index contributed by atoms with van der Waals surface area (Å²) >= 11 is 0. The van der Waals surface area contributed by atoms with Crippen LogP contribution in [-0.2, 0) is 7.05 Å². The van der Waals surface area contributed by atoms with Crippen LogP contribution in [0.3, 0.4) is 0 Å². The molecule has 0 fully saturated rings. The van der Waals surface area contributed by atoms with Crippen LogP contribution >= 0.6 is 0 Å². The van der Waals surface area contributed by atoms with Gasteiger partial charge in [0.2, 0.25) is 0 Å². The van der Waals surface area contributed by atoms with Crippen LogP contribution in [0.15, 0.2) is 24.4 Å². The second-order valence-electron chi connectivity index (χ2n) is 4.50. The van der Waals surface area contributed by atoms with Gasteiger partial charge in [0.15, 0.2) is 5.75 Å². The van der Waals surface area contributed by atoms with E-state index in [1.807, 2.05) is 13.1 Å². The molecule has 0 radical (unpaired) electrons. The van der Waals surface area contributed by atoms with E-state index in [4.69, 9.17) is 10.5 Å². The predicted molar refractivity (Wildman–Crippen MR) is 71.7 cm³/mol. The van der Waals surface area contributed by atoms with Gasteiger partial charge in [-0.3, -0.25) is 4.68 Å². The van der Waals surface area contributed by atoms with E-state index in [9.17, 15) is 0 Å². The van der Waals surface area contributed by atoms with E-state index >= 15 is 0 Å². The van der Waals surface area contributed by atoms with Gasteiger partial charge in [0.25, 0.3) is 0 Å². The third-order valence-electron chi connectivity index (χ3n) is 3.32. The van der Waals surface area contributed by atoms with Crippen LogP contribution in [0.2, 0.25) is 0 Å². The summed E-state index contributed by atoms with van der Waals surface area (Å²) in [5.41, 5.74) is 10.8. The van der Waals surface area contributed by atoms with Crippen molar-refractivity contribution in [3.8, 4) is 5.75 Å². The second-order valence-corrected chi connectivity index (χ2v) is 4.50. The zero-order chi connectivity index (χ0) is 13.3. The lowest BCUT2D eigenvalue weighted by molar-refractivity contribution is 0.406. The summed E-state index contributed by atoms with van der Waals surface area (Å²) in [6, 6.07) is 5.96. The van der Waals surface area contributed by atoms with E-state index in [0.717, 1.165) is 17.0 Å². The zero-order valence-corrected chi connectivity index (χ0v) is 11.3. The number of rotatable bonds is 3. The normalized spacial score (nSPS) is 12.5. The van der Waals surface area contributed by atoms with Gasteiger partial charge in [-0.25, -0.2) is 0 Å². The second kappa shape index (κ2) is 4.82. The molecule has 1 heterocycles. The maximum atomic E-state index is 6.40. The molecule has 2 aromatic rings. The van der Waals surface area contributed by atoms with E-state index in [0.29, 0.717) is 0 Å². The minimum absolute atomic E-state index is 0.228. The van der Waals surface area contributed by atoms with Crippen LogP contribution < -0.4 is 10.5 Å². The fraction of sp³-hybridized carbons (Fsp3) is 0.357. The predicted octanol–water partition coefficient (Wildman–Crippen LogP) is 2.09. The maximum absolute atomic E-state index is 6.40. The van der Waals surface area contributed by atoms with Crippen molar-refractivity contribution in [3.63, 3.8) is 0 Å². The minimum atomic E-state index is -0.228. The molecule has 18 heavy (non-hydrogen) atoms. The van der Waals surface area contributed by atoms with Crippen molar-refractivity contribution in [1.29, 1.82) is 0 Å². The average Bonchev–Trinajstić information content (AvgIpc) is 2.70. The number of hydrogen-bond donors (Lipinski definition) is 1. The molecule has 0 aliphatic rings. The van der Waals surface area contributed by atoms with E-state index in [-0.39, 0.29) is 6.04 Å². The van der Waals surface area contributed by atoms with Crippen LogP contribution in [0.4, 0.5) is 0 Å². The van der Waals surface area contributed by atoms with Gasteiger partial charge in [0.1, 0.15) is 5.69 Å². The number of nitrogens with zero attached hydrogens (tertiary/aromatic N) is 2. The molecule has 4 heteroatoms. The fourth-order valence-electron chi connectivity index (χ4n) is 2.39. The first-order valence-electron chi connectivity index (χ1n) is 5.93. The van der Waals surface area contributed by atoms with E-state index < -0.39 is 0 Å². The molecule has 0 aliphatic carbocycles. The topological polar surface area (TPSA) is 53.1 Å². The Labute approximate surface area is 107 Å². The Hall–Kier alpha value is -1.81. The molecule has 0 bridgehead atoms. The molecule has 1 atom stereocenters. The van der Waals surface area contributed by atoms with Gasteiger partial charge in [-0.15, -0.1) is 0 Å². The highest BCUT2D eigenvalue weighted by atomic mass is 16.5. The van der Waals surface area contributed by atoms with Crippen LogP contribution in [0, 0.1) is 13.8 Å². The quantitative estimate of drug-likeness (QED) is 0.901. The molecule has 1 aromatic carbocycles. The highest BCUT2D eigenvalue weighted by Gasteiger charge is 2.21. The van der Waals surface area contributed by atoms with Gasteiger partial charge >= 0.3 is 0 Å². The first-order valence-corrected chi connectivity index (χ1v) is 5.93. The standard InChI is InChI=1S/C14H19N3O/c1-9-6-5-7-10(2)12(9)13(15)14-11(18-4)8-16-17(14)3/h5-8,13H,15H2,1-4H3. The van der Waals surface area contributed by atoms with Crippen LogP contribution in [0.25, 0.3) is 0 Å². The summed E-state index contributed by atoms with van der Waals surface area (Å²) in [6.07, 6.45) is 1.70. The summed E-state index contributed by atoms with van der Waals surface area (Å²) in [6.45, 7) is 4.15. The number of benzene rings is 1. The SMILES string of the molecule is COc1cnn(C)c1C(N)c1c(C)cccc1C. The summed E-state index contributed by atoms with van der Waals surface area (Å²) in [7, 11) is 3.52. The monoisotopic (exact) mass is 245 g/mol. The van der Waals surface area contributed by atoms with Crippen LogP contribution in [-0.4, -0.2) is 16.9 Å². The van der Waals surface area contributed by atoms with E-state index in [1.54, 1.807) is 18.0 Å². The van der Waals surface area contributed by atoms with Crippen molar-refractivity contribution in [2.75, 3.05) is 7.11 Å². The smallest absolute Gasteiger partial charge is 0.161 e. The molecule has 0 saturated carbocycles. The minimum Gasteiger partial charge on any atom is -0.493 e. The fourth-order valence-corrected chi connectivity index (χ4v) is 2.39. The maximum Gasteiger partial charge on any atom is 0.161 e. The van der Waals surface area contributed by atoms with E-state index in [2.05, 4.69) is 31.1 Å².